The summed E-state index contributed by atoms with van der Waals surface area (Å²) in [7, 11) is 0. The Bertz CT molecular complexity index is 292. The number of nitrogens with zero attached hydrogens (tertiary/aromatic N) is 2. The molecule has 0 saturated carbocycles. The number of aromatic nitrogens is 1. The highest BCUT2D eigenvalue weighted by Gasteiger charge is 2.16. The van der Waals surface area contributed by atoms with Crippen LogP contribution in [0.15, 0.2) is 24.5 Å². The number of β-amino-alcohol motifs (C(OH)–C–C–N with tert-alkyl or cyclic N) is 1. The number of hydrogen-bond acceptors (Lipinski definition) is 4. The van der Waals surface area contributed by atoms with Crippen LogP contribution in [0, 0.1) is 0 Å². The Morgan fingerprint density at radius 2 is 2.53 bits per heavy atom. The molecule has 4 nitrogen and oxygen atoms in total. The number of hydrogen-bond donors (Lipinski definition) is 1. The molecule has 1 aliphatic rings. The molecule has 1 saturated heterocycles. The summed E-state index contributed by atoms with van der Waals surface area (Å²) in [5.74, 6) is 0. The topological polar surface area (TPSA) is 45.6 Å². The van der Waals surface area contributed by atoms with Crippen LogP contribution in [0.5, 0.6) is 0 Å². The molecule has 0 aromatic carbocycles. The van der Waals surface area contributed by atoms with Crippen LogP contribution in [0.25, 0.3) is 0 Å². The molecule has 2 heterocycles. The molecule has 82 valence electrons. The molecule has 0 spiro atoms. The quantitative estimate of drug-likeness (QED) is 0.758. The van der Waals surface area contributed by atoms with Crippen LogP contribution in [-0.4, -0.2) is 47.4 Å². The summed E-state index contributed by atoms with van der Waals surface area (Å²) in [4.78, 5) is 6.26. The minimum absolute atomic E-state index is 0.371. The Hall–Kier alpha value is -0.970. The Kier molecular flexibility index (Phi) is 3.66. The molecule has 1 fully saturated rings. The summed E-state index contributed by atoms with van der Waals surface area (Å²) in [6.07, 6.45) is 3.26. The van der Waals surface area contributed by atoms with Gasteiger partial charge in [-0.05, 0) is 11.6 Å². The van der Waals surface area contributed by atoms with E-state index >= 15 is 0 Å². The Morgan fingerprint density at radius 3 is 3.33 bits per heavy atom. The van der Waals surface area contributed by atoms with Gasteiger partial charge in [0, 0.05) is 32.0 Å². The van der Waals surface area contributed by atoms with Crippen molar-refractivity contribution in [2.75, 3.05) is 26.3 Å². The molecule has 1 aromatic heterocycles. The van der Waals surface area contributed by atoms with Crippen LogP contribution in [-0.2, 0) is 11.3 Å². The van der Waals surface area contributed by atoms with Crippen molar-refractivity contribution in [3.63, 3.8) is 0 Å². The van der Waals surface area contributed by atoms with E-state index in [0.29, 0.717) is 19.8 Å². The van der Waals surface area contributed by atoms with E-state index in [1.807, 2.05) is 18.3 Å². The first-order chi connectivity index (χ1) is 7.34. The van der Waals surface area contributed by atoms with Crippen LogP contribution in [0.4, 0.5) is 0 Å². The van der Waals surface area contributed by atoms with E-state index in [9.17, 15) is 5.11 Å². The van der Waals surface area contributed by atoms with E-state index in [0.717, 1.165) is 13.1 Å². The molecule has 1 aromatic rings. The lowest BCUT2D eigenvalue weighted by molar-refractivity contribution is 0.0562. The fourth-order valence-electron chi connectivity index (χ4n) is 1.75. The zero-order valence-electron chi connectivity index (χ0n) is 8.67. The average molecular weight is 208 g/mol. The lowest BCUT2D eigenvalue weighted by Crippen LogP contribution is -2.32. The van der Waals surface area contributed by atoms with Gasteiger partial charge in [-0.3, -0.25) is 9.88 Å². The average Bonchev–Trinajstić information content (AvgIpc) is 2.44. The number of aliphatic hydroxyl groups is 1. The molecule has 4 heteroatoms. The molecular weight excluding hydrogens is 192 g/mol. The minimum atomic E-state index is -0.371. The van der Waals surface area contributed by atoms with Gasteiger partial charge in [0.25, 0.3) is 0 Å². The van der Waals surface area contributed by atoms with E-state index in [1.165, 1.54) is 5.56 Å². The third kappa shape index (κ3) is 3.27. The molecular formula is C11H16N2O2. The number of ether oxygens (including phenoxy) is 1. The summed E-state index contributed by atoms with van der Waals surface area (Å²) in [5.41, 5.74) is 1.17. The first kappa shape index (κ1) is 10.5. The first-order valence-electron chi connectivity index (χ1n) is 5.21. The molecule has 0 amide bonds. The second-order valence-corrected chi connectivity index (χ2v) is 3.83. The van der Waals surface area contributed by atoms with Gasteiger partial charge in [0.15, 0.2) is 0 Å². The van der Waals surface area contributed by atoms with Crippen LogP contribution >= 0.6 is 0 Å². The molecule has 0 radical (unpaired) electrons. The fraction of sp³-hybridized carbons (Fsp3) is 0.545. The maximum atomic E-state index is 9.56. The minimum Gasteiger partial charge on any atom is -0.389 e. The van der Waals surface area contributed by atoms with Gasteiger partial charge in [-0.15, -0.1) is 0 Å². The lowest BCUT2D eigenvalue weighted by atomic mass is 10.2. The highest BCUT2D eigenvalue weighted by molar-refractivity contribution is 5.08. The smallest absolute Gasteiger partial charge is 0.0900 e. The predicted molar refractivity (Wildman–Crippen MR) is 56.3 cm³/mol. The number of aliphatic hydroxyl groups excluding tert-OH is 1. The zero-order valence-corrected chi connectivity index (χ0v) is 8.67. The molecule has 1 unspecified atom stereocenters. The van der Waals surface area contributed by atoms with Gasteiger partial charge in [-0.2, -0.15) is 0 Å². The van der Waals surface area contributed by atoms with Crippen LogP contribution in [0.3, 0.4) is 0 Å². The number of rotatable bonds is 2. The largest absolute Gasteiger partial charge is 0.389 e. The van der Waals surface area contributed by atoms with Crippen molar-refractivity contribution in [3.05, 3.63) is 30.1 Å². The summed E-state index contributed by atoms with van der Waals surface area (Å²) >= 11 is 0. The van der Waals surface area contributed by atoms with Crippen LogP contribution < -0.4 is 0 Å². The van der Waals surface area contributed by atoms with Crippen molar-refractivity contribution in [2.45, 2.75) is 12.6 Å². The van der Waals surface area contributed by atoms with Gasteiger partial charge in [0.2, 0.25) is 0 Å². The second-order valence-electron chi connectivity index (χ2n) is 3.83. The SMILES string of the molecule is OC1COCCN(Cc2cccnc2)C1. The van der Waals surface area contributed by atoms with Crippen molar-refractivity contribution < 1.29 is 9.84 Å². The summed E-state index contributed by atoms with van der Waals surface area (Å²) in [6.45, 7) is 3.51. The first-order valence-corrected chi connectivity index (χ1v) is 5.21. The van der Waals surface area contributed by atoms with Gasteiger partial charge in [0.05, 0.1) is 19.3 Å². The standard InChI is InChI=1S/C11H16N2O2/c14-11-8-13(4-5-15-9-11)7-10-2-1-3-12-6-10/h1-3,6,11,14H,4-5,7-9H2. The van der Waals surface area contributed by atoms with Gasteiger partial charge < -0.3 is 9.84 Å². The van der Waals surface area contributed by atoms with Crippen molar-refractivity contribution in [2.24, 2.45) is 0 Å². The normalized spacial score (nSPS) is 23.7. The maximum Gasteiger partial charge on any atom is 0.0900 e. The van der Waals surface area contributed by atoms with Crippen molar-refractivity contribution in [1.29, 1.82) is 0 Å². The van der Waals surface area contributed by atoms with Gasteiger partial charge in [-0.25, -0.2) is 0 Å². The van der Waals surface area contributed by atoms with Crippen LogP contribution in [0.1, 0.15) is 5.56 Å². The monoisotopic (exact) mass is 208 g/mol. The maximum absolute atomic E-state index is 9.56. The van der Waals surface area contributed by atoms with Crippen molar-refractivity contribution in [3.8, 4) is 0 Å². The molecule has 2 rings (SSSR count). The fourth-order valence-corrected chi connectivity index (χ4v) is 1.75. The summed E-state index contributed by atoms with van der Waals surface area (Å²) in [5, 5.41) is 9.56. The van der Waals surface area contributed by atoms with E-state index in [2.05, 4.69) is 9.88 Å². The highest BCUT2D eigenvalue weighted by Crippen LogP contribution is 2.06. The second kappa shape index (κ2) is 5.21. The third-order valence-electron chi connectivity index (χ3n) is 2.46. The van der Waals surface area contributed by atoms with Crippen molar-refractivity contribution in [1.82, 2.24) is 9.88 Å². The molecule has 1 aliphatic heterocycles. The number of pyridine rings is 1. The Morgan fingerprint density at radius 1 is 1.60 bits per heavy atom. The summed E-state index contributed by atoms with van der Waals surface area (Å²) in [6, 6.07) is 3.98. The van der Waals surface area contributed by atoms with Crippen LogP contribution in [0.2, 0.25) is 0 Å². The Labute approximate surface area is 89.5 Å². The Balaban J connectivity index is 1.93. The van der Waals surface area contributed by atoms with E-state index < -0.39 is 0 Å². The molecule has 0 bridgehead atoms. The zero-order chi connectivity index (χ0) is 10.5. The third-order valence-corrected chi connectivity index (χ3v) is 2.46. The van der Waals surface area contributed by atoms with E-state index in [1.54, 1.807) is 6.20 Å². The highest BCUT2D eigenvalue weighted by atomic mass is 16.5. The molecule has 1 atom stereocenters. The van der Waals surface area contributed by atoms with Gasteiger partial charge in [0.1, 0.15) is 0 Å². The van der Waals surface area contributed by atoms with Crippen molar-refractivity contribution >= 4 is 0 Å². The lowest BCUT2D eigenvalue weighted by Gasteiger charge is -2.20. The molecule has 0 aliphatic carbocycles. The van der Waals surface area contributed by atoms with E-state index in [-0.39, 0.29) is 6.10 Å². The van der Waals surface area contributed by atoms with Gasteiger partial charge >= 0.3 is 0 Å². The predicted octanol–water partition coefficient (Wildman–Crippen LogP) is 0.275. The summed E-state index contributed by atoms with van der Waals surface area (Å²) < 4.78 is 5.27. The van der Waals surface area contributed by atoms with Gasteiger partial charge in [-0.1, -0.05) is 6.07 Å². The molecule has 1 N–H and O–H groups in total. The van der Waals surface area contributed by atoms with E-state index in [4.69, 9.17) is 4.74 Å². The molecule has 15 heavy (non-hydrogen) atoms.